The van der Waals surface area contributed by atoms with Gasteiger partial charge in [-0.05, 0) is 76.6 Å². The van der Waals surface area contributed by atoms with Gasteiger partial charge in [0.2, 0.25) is 5.91 Å². The van der Waals surface area contributed by atoms with E-state index < -0.39 is 0 Å². The van der Waals surface area contributed by atoms with Crippen molar-refractivity contribution in [3.63, 3.8) is 0 Å². The summed E-state index contributed by atoms with van der Waals surface area (Å²) in [7, 11) is 3.87. The summed E-state index contributed by atoms with van der Waals surface area (Å²) in [5.41, 5.74) is 2.76. The smallest absolute Gasteiger partial charge is 0.254 e. The summed E-state index contributed by atoms with van der Waals surface area (Å²) in [6.07, 6.45) is 6.70. The molecule has 4 rings (SSSR count). The summed E-state index contributed by atoms with van der Waals surface area (Å²) in [6, 6.07) is 4.12. The predicted octanol–water partition coefficient (Wildman–Crippen LogP) is 2.72. The van der Waals surface area contributed by atoms with Crippen LogP contribution in [0.25, 0.3) is 10.9 Å². The molecule has 2 aromatic rings. The lowest BCUT2D eigenvalue weighted by molar-refractivity contribution is -0.126. The first-order chi connectivity index (χ1) is 13.8. The molecule has 6 nitrogen and oxygen atoms in total. The number of carbonyl (C=O) groups is 1. The van der Waals surface area contributed by atoms with Crippen molar-refractivity contribution in [2.24, 2.45) is 13.0 Å². The first-order valence-corrected chi connectivity index (χ1v) is 10.8. The van der Waals surface area contributed by atoms with E-state index in [0.717, 1.165) is 60.8 Å². The van der Waals surface area contributed by atoms with Crippen LogP contribution >= 0.6 is 0 Å². The van der Waals surface area contributed by atoms with Crippen molar-refractivity contribution in [3.05, 3.63) is 39.9 Å². The Balaban J connectivity index is 1.59. The van der Waals surface area contributed by atoms with Gasteiger partial charge in [-0.25, -0.2) is 0 Å². The average Bonchev–Trinajstić information content (AvgIpc) is 3.13. The number of likely N-dealkylation sites (tertiary alicyclic amines) is 1. The highest BCUT2D eigenvalue weighted by atomic mass is 16.2. The SMILES string of the molecule is Cc1cc2c(cn1)cc(C1CC(NC(=O)C3CCCN3C)CCC1C)c(=O)n2C. The zero-order chi connectivity index (χ0) is 20.7. The first kappa shape index (κ1) is 20.1. The number of aryl methyl sites for hydroxylation is 2. The normalized spacial score (nSPS) is 28.0. The molecule has 156 valence electrons. The second-order valence-corrected chi connectivity index (χ2v) is 9.09. The number of fused-ring (bicyclic) bond motifs is 1. The summed E-state index contributed by atoms with van der Waals surface area (Å²) >= 11 is 0. The molecule has 2 aromatic heterocycles. The number of hydrogen-bond acceptors (Lipinski definition) is 4. The van der Waals surface area contributed by atoms with E-state index in [1.54, 1.807) is 4.57 Å². The minimum absolute atomic E-state index is 0.00403. The standard InChI is InChI=1S/C23H32N4O2/c1-14-7-8-17(25-22(28)20-6-5-9-26(20)3)12-18(14)19-11-16-13-24-15(2)10-21(16)27(4)23(19)29/h10-11,13-14,17-18,20H,5-9,12H2,1-4H3,(H,25,28). The highest BCUT2D eigenvalue weighted by molar-refractivity contribution is 5.82. The van der Waals surface area contributed by atoms with Gasteiger partial charge >= 0.3 is 0 Å². The fourth-order valence-corrected chi connectivity index (χ4v) is 5.18. The Bertz CT molecular complexity index is 983. The molecule has 4 atom stereocenters. The lowest BCUT2D eigenvalue weighted by Gasteiger charge is -2.35. The summed E-state index contributed by atoms with van der Waals surface area (Å²) in [5, 5.41) is 4.29. The van der Waals surface area contributed by atoms with Gasteiger partial charge in [0, 0.05) is 35.9 Å². The van der Waals surface area contributed by atoms with E-state index in [4.69, 9.17) is 0 Å². The molecular formula is C23H32N4O2. The summed E-state index contributed by atoms with van der Waals surface area (Å²) in [6.45, 7) is 5.16. The highest BCUT2D eigenvalue weighted by Gasteiger charge is 2.34. The largest absolute Gasteiger partial charge is 0.352 e. The molecule has 3 heterocycles. The van der Waals surface area contributed by atoms with Gasteiger partial charge in [0.15, 0.2) is 0 Å². The van der Waals surface area contributed by atoms with Gasteiger partial charge in [0.1, 0.15) is 0 Å². The van der Waals surface area contributed by atoms with E-state index in [1.165, 1.54) is 0 Å². The third kappa shape index (κ3) is 3.82. The Kier molecular flexibility index (Phi) is 5.47. The molecular weight excluding hydrogens is 364 g/mol. The van der Waals surface area contributed by atoms with Crippen LogP contribution in [0.15, 0.2) is 23.1 Å². The number of carbonyl (C=O) groups excluding carboxylic acids is 1. The Hall–Kier alpha value is -2.21. The molecule has 0 aromatic carbocycles. The van der Waals surface area contributed by atoms with E-state index in [0.29, 0.717) is 5.92 Å². The highest BCUT2D eigenvalue weighted by Crippen LogP contribution is 2.37. The fraction of sp³-hybridized carbons (Fsp3) is 0.609. The molecule has 1 saturated carbocycles. The third-order valence-electron chi connectivity index (χ3n) is 7.04. The van der Waals surface area contributed by atoms with Crippen molar-refractivity contribution in [1.29, 1.82) is 0 Å². The molecule has 1 saturated heterocycles. The molecule has 1 aliphatic carbocycles. The maximum absolute atomic E-state index is 13.2. The van der Waals surface area contributed by atoms with Crippen molar-refractivity contribution >= 4 is 16.8 Å². The third-order valence-corrected chi connectivity index (χ3v) is 7.04. The lowest BCUT2D eigenvalue weighted by atomic mass is 9.74. The predicted molar refractivity (Wildman–Crippen MR) is 115 cm³/mol. The fourth-order valence-electron chi connectivity index (χ4n) is 5.18. The van der Waals surface area contributed by atoms with Crippen molar-refractivity contribution in [3.8, 4) is 0 Å². The van der Waals surface area contributed by atoms with E-state index in [-0.39, 0.29) is 29.5 Å². The minimum atomic E-state index is -0.00403. The summed E-state index contributed by atoms with van der Waals surface area (Å²) in [4.78, 5) is 32.5. The van der Waals surface area contributed by atoms with Crippen LogP contribution in [-0.4, -0.2) is 46.0 Å². The Morgan fingerprint density at radius 3 is 2.72 bits per heavy atom. The van der Waals surface area contributed by atoms with Gasteiger partial charge in [-0.2, -0.15) is 0 Å². The molecule has 6 heteroatoms. The molecule has 1 N–H and O–H groups in total. The van der Waals surface area contributed by atoms with Crippen LogP contribution in [0.1, 0.15) is 56.2 Å². The summed E-state index contributed by atoms with van der Waals surface area (Å²) in [5.74, 6) is 0.718. The van der Waals surface area contributed by atoms with E-state index >= 15 is 0 Å². The topological polar surface area (TPSA) is 67.2 Å². The average molecular weight is 397 g/mol. The van der Waals surface area contributed by atoms with Crippen LogP contribution < -0.4 is 10.9 Å². The van der Waals surface area contributed by atoms with Crippen molar-refractivity contribution in [2.75, 3.05) is 13.6 Å². The van der Waals surface area contributed by atoms with E-state index in [2.05, 4.69) is 22.1 Å². The van der Waals surface area contributed by atoms with Gasteiger partial charge in [-0.3, -0.25) is 19.5 Å². The molecule has 29 heavy (non-hydrogen) atoms. The zero-order valence-corrected chi connectivity index (χ0v) is 17.9. The van der Waals surface area contributed by atoms with Gasteiger partial charge in [0.05, 0.1) is 11.6 Å². The van der Waals surface area contributed by atoms with Gasteiger partial charge in [-0.15, -0.1) is 0 Å². The number of amides is 1. The Morgan fingerprint density at radius 2 is 2.00 bits per heavy atom. The van der Waals surface area contributed by atoms with Crippen LogP contribution in [-0.2, 0) is 11.8 Å². The Morgan fingerprint density at radius 1 is 1.21 bits per heavy atom. The second-order valence-electron chi connectivity index (χ2n) is 9.09. The number of rotatable bonds is 3. The molecule has 1 aliphatic heterocycles. The molecule has 2 fully saturated rings. The van der Waals surface area contributed by atoms with Crippen molar-refractivity contribution < 1.29 is 4.79 Å². The molecule has 4 unspecified atom stereocenters. The molecule has 1 amide bonds. The second kappa shape index (κ2) is 7.90. The number of nitrogens with one attached hydrogen (secondary N) is 1. The lowest BCUT2D eigenvalue weighted by Crippen LogP contribution is -2.48. The molecule has 0 spiro atoms. The van der Waals surface area contributed by atoms with Crippen LogP contribution in [0.4, 0.5) is 0 Å². The number of pyridine rings is 2. The number of likely N-dealkylation sites (N-methyl/N-ethyl adjacent to an activating group) is 1. The number of aromatic nitrogens is 2. The van der Waals surface area contributed by atoms with Gasteiger partial charge in [0.25, 0.3) is 5.56 Å². The Labute approximate surface area is 172 Å². The quantitative estimate of drug-likeness (QED) is 0.866. The van der Waals surface area contributed by atoms with Crippen LogP contribution in [0, 0.1) is 12.8 Å². The molecule has 0 radical (unpaired) electrons. The van der Waals surface area contributed by atoms with Crippen molar-refractivity contribution in [2.45, 2.75) is 64.0 Å². The maximum Gasteiger partial charge on any atom is 0.254 e. The van der Waals surface area contributed by atoms with Gasteiger partial charge in [-0.1, -0.05) is 6.92 Å². The van der Waals surface area contributed by atoms with E-state index in [1.807, 2.05) is 39.3 Å². The molecule has 2 aliphatic rings. The zero-order valence-electron chi connectivity index (χ0n) is 17.9. The number of hydrogen-bond donors (Lipinski definition) is 1. The summed E-state index contributed by atoms with van der Waals surface area (Å²) < 4.78 is 1.75. The monoisotopic (exact) mass is 396 g/mol. The van der Waals surface area contributed by atoms with Crippen LogP contribution in [0.5, 0.6) is 0 Å². The molecule has 0 bridgehead atoms. The van der Waals surface area contributed by atoms with Gasteiger partial charge < -0.3 is 9.88 Å². The number of nitrogens with zero attached hydrogens (tertiary/aromatic N) is 3. The van der Waals surface area contributed by atoms with Crippen LogP contribution in [0.2, 0.25) is 0 Å². The van der Waals surface area contributed by atoms with Crippen LogP contribution in [0.3, 0.4) is 0 Å². The maximum atomic E-state index is 13.2. The first-order valence-electron chi connectivity index (χ1n) is 10.8. The minimum Gasteiger partial charge on any atom is -0.352 e. The van der Waals surface area contributed by atoms with Crippen molar-refractivity contribution in [1.82, 2.24) is 19.8 Å². The van der Waals surface area contributed by atoms with E-state index in [9.17, 15) is 9.59 Å².